The second kappa shape index (κ2) is 10.6. The molecule has 1 fully saturated rings. The zero-order chi connectivity index (χ0) is 24.2. The number of likely N-dealkylation sites (tertiary alicyclic amines) is 1. The molecular weight excluding hydrogens is 435 g/mol. The molecule has 182 valence electrons. The van der Waals surface area contributed by atoms with Gasteiger partial charge in [-0.2, -0.15) is 0 Å². The molecule has 0 aromatic heterocycles. The molecule has 0 unspecified atom stereocenters. The van der Waals surface area contributed by atoms with Gasteiger partial charge < -0.3 is 20.0 Å². The summed E-state index contributed by atoms with van der Waals surface area (Å²) in [5, 5.41) is 18.9. The van der Waals surface area contributed by atoms with E-state index in [1.54, 1.807) is 6.07 Å². The fraction of sp³-hybridized carbons (Fsp3) is 0.481. The summed E-state index contributed by atoms with van der Waals surface area (Å²) in [6.45, 7) is 0.676. The van der Waals surface area contributed by atoms with Crippen LogP contribution in [0.4, 0.5) is 10.1 Å². The van der Waals surface area contributed by atoms with E-state index in [1.165, 1.54) is 12.1 Å². The number of carbonyl (C=O) groups excluding carboxylic acids is 1. The number of carbonyl (C=O) groups is 2. The molecule has 0 radical (unpaired) electrons. The average molecular weight is 469 g/mol. The van der Waals surface area contributed by atoms with Gasteiger partial charge in [-0.25, -0.2) is 4.39 Å². The number of hydrogen-bond acceptors (Lipinski definition) is 4. The molecule has 2 aliphatic heterocycles. The number of rotatable bonds is 9. The van der Waals surface area contributed by atoms with Crippen LogP contribution >= 0.6 is 0 Å². The Morgan fingerprint density at radius 3 is 2.47 bits per heavy atom. The summed E-state index contributed by atoms with van der Waals surface area (Å²) in [4.78, 5) is 28.0. The minimum atomic E-state index is -0.781. The maximum Gasteiger partial charge on any atom is 0.303 e. The van der Waals surface area contributed by atoms with Crippen LogP contribution in [0.3, 0.4) is 0 Å². The summed E-state index contributed by atoms with van der Waals surface area (Å²) in [7, 11) is 1.99. The minimum Gasteiger partial charge on any atom is -0.481 e. The van der Waals surface area contributed by atoms with Crippen LogP contribution in [0, 0.1) is 11.7 Å². The van der Waals surface area contributed by atoms with E-state index in [-0.39, 0.29) is 42.8 Å². The molecule has 34 heavy (non-hydrogen) atoms. The quantitative estimate of drug-likeness (QED) is 0.525. The van der Waals surface area contributed by atoms with Gasteiger partial charge in [0.05, 0.1) is 18.7 Å². The third-order valence-corrected chi connectivity index (χ3v) is 7.36. The number of anilines is 1. The van der Waals surface area contributed by atoms with Crippen molar-refractivity contribution in [1.29, 1.82) is 0 Å². The van der Waals surface area contributed by atoms with Crippen LogP contribution in [0.2, 0.25) is 0 Å². The number of carboxylic acids is 1. The Morgan fingerprint density at radius 2 is 1.76 bits per heavy atom. The van der Waals surface area contributed by atoms with E-state index >= 15 is 0 Å². The molecule has 0 spiro atoms. The van der Waals surface area contributed by atoms with Crippen molar-refractivity contribution in [3.8, 4) is 11.1 Å². The summed E-state index contributed by atoms with van der Waals surface area (Å²) >= 11 is 0. The number of aliphatic hydroxyl groups excluding tert-OH is 1. The van der Waals surface area contributed by atoms with E-state index in [4.69, 9.17) is 5.11 Å². The molecule has 1 amide bonds. The van der Waals surface area contributed by atoms with Crippen molar-refractivity contribution in [3.63, 3.8) is 0 Å². The largest absolute Gasteiger partial charge is 0.481 e. The number of aliphatic hydroxyl groups is 1. The highest BCUT2D eigenvalue weighted by Crippen LogP contribution is 2.49. The first-order valence-corrected chi connectivity index (χ1v) is 12.2. The summed E-state index contributed by atoms with van der Waals surface area (Å²) in [5.74, 6) is -0.832. The molecule has 2 N–H and O–H groups in total. The summed E-state index contributed by atoms with van der Waals surface area (Å²) in [6, 6.07) is 12.4. The van der Waals surface area contributed by atoms with Crippen LogP contribution in [0.15, 0.2) is 42.5 Å². The van der Waals surface area contributed by atoms with Crippen LogP contribution in [-0.2, 0) is 9.59 Å². The lowest BCUT2D eigenvalue weighted by atomic mass is 9.81. The van der Waals surface area contributed by atoms with E-state index in [9.17, 15) is 19.1 Å². The Bertz CT molecular complexity index is 1040. The molecule has 2 aromatic carbocycles. The maximum atomic E-state index is 13.9. The van der Waals surface area contributed by atoms with Crippen molar-refractivity contribution in [2.24, 2.45) is 5.92 Å². The number of aliphatic carboxylic acids is 1. The number of benzene rings is 2. The Hall–Kier alpha value is -2.93. The number of likely N-dealkylation sites (N-methyl/N-ethyl adjacent to an activating group) is 1. The standard InChI is InChI=1S/C27H33FN2O4/c1-29-23-12-11-19(18-7-6-8-20(28)15-18)16-22(23)27-21(24(29)17-31)13-14-30(27)25(32)9-4-2-3-5-10-26(33)34/h6-8,11-12,15-16,21,24,27,31H,2-5,9-10,13-14,17H2,1H3,(H,33,34)/t21-,24-,27-/m1/s1. The van der Waals surface area contributed by atoms with Crippen molar-refractivity contribution < 1.29 is 24.2 Å². The number of nitrogens with zero attached hydrogens (tertiary/aromatic N) is 2. The summed E-state index contributed by atoms with van der Waals surface area (Å²) < 4.78 is 13.9. The van der Waals surface area contributed by atoms with Crippen molar-refractivity contribution in [2.75, 3.05) is 25.1 Å². The highest BCUT2D eigenvalue weighted by Gasteiger charge is 2.47. The molecule has 4 rings (SSSR count). The van der Waals surface area contributed by atoms with E-state index in [0.29, 0.717) is 19.4 Å². The van der Waals surface area contributed by atoms with Gasteiger partial charge in [-0.15, -0.1) is 0 Å². The first-order chi connectivity index (χ1) is 16.4. The van der Waals surface area contributed by atoms with E-state index < -0.39 is 5.97 Å². The topological polar surface area (TPSA) is 81.1 Å². The third kappa shape index (κ3) is 4.94. The molecule has 3 atom stereocenters. The number of unbranched alkanes of at least 4 members (excludes halogenated alkanes) is 3. The van der Waals surface area contributed by atoms with Crippen LogP contribution < -0.4 is 4.90 Å². The van der Waals surface area contributed by atoms with Gasteiger partial charge in [0.1, 0.15) is 5.82 Å². The monoisotopic (exact) mass is 468 g/mol. The molecular formula is C27H33FN2O4. The zero-order valence-electron chi connectivity index (χ0n) is 19.6. The predicted molar refractivity (Wildman–Crippen MR) is 129 cm³/mol. The zero-order valence-corrected chi connectivity index (χ0v) is 19.6. The van der Waals surface area contributed by atoms with Crippen molar-refractivity contribution in [1.82, 2.24) is 4.90 Å². The van der Waals surface area contributed by atoms with E-state index in [2.05, 4.69) is 11.0 Å². The lowest BCUT2D eigenvalue weighted by Crippen LogP contribution is -2.48. The van der Waals surface area contributed by atoms with Crippen LogP contribution in [-0.4, -0.2) is 53.2 Å². The second-order valence-electron chi connectivity index (χ2n) is 9.44. The third-order valence-electron chi connectivity index (χ3n) is 7.36. The molecule has 6 nitrogen and oxygen atoms in total. The molecule has 0 saturated carbocycles. The Balaban J connectivity index is 1.55. The van der Waals surface area contributed by atoms with Gasteiger partial charge in [0.15, 0.2) is 0 Å². The fourth-order valence-corrected chi connectivity index (χ4v) is 5.63. The molecule has 7 heteroatoms. The number of amides is 1. The van der Waals surface area contributed by atoms with Gasteiger partial charge >= 0.3 is 5.97 Å². The van der Waals surface area contributed by atoms with Gasteiger partial charge in [-0.1, -0.05) is 31.0 Å². The molecule has 2 aliphatic rings. The van der Waals surface area contributed by atoms with Crippen LogP contribution in [0.5, 0.6) is 0 Å². The molecule has 1 saturated heterocycles. The van der Waals surface area contributed by atoms with Gasteiger partial charge in [0.2, 0.25) is 5.91 Å². The summed E-state index contributed by atoms with van der Waals surface area (Å²) in [6.07, 6.45) is 4.46. The maximum absolute atomic E-state index is 13.9. The smallest absolute Gasteiger partial charge is 0.303 e. The lowest BCUT2D eigenvalue weighted by Gasteiger charge is -2.44. The Kier molecular flexibility index (Phi) is 7.51. The summed E-state index contributed by atoms with van der Waals surface area (Å²) in [5.41, 5.74) is 3.74. The number of fused-ring (bicyclic) bond motifs is 3. The van der Waals surface area contributed by atoms with E-state index in [1.807, 2.05) is 30.1 Å². The Morgan fingerprint density at radius 1 is 1.03 bits per heavy atom. The van der Waals surface area contributed by atoms with Crippen LogP contribution in [0.1, 0.15) is 56.6 Å². The SMILES string of the molecule is CN1c2ccc(-c3cccc(F)c3)cc2[C@H]2[C@H](CCN2C(=O)CCCCCCC(=O)O)[C@H]1CO. The number of halogens is 1. The second-order valence-corrected chi connectivity index (χ2v) is 9.44. The lowest BCUT2D eigenvalue weighted by molar-refractivity contribution is -0.137. The normalized spacial score (nSPS) is 21.3. The molecule has 0 bridgehead atoms. The highest BCUT2D eigenvalue weighted by atomic mass is 19.1. The van der Waals surface area contributed by atoms with Gasteiger partial charge in [-0.3, -0.25) is 9.59 Å². The van der Waals surface area contributed by atoms with E-state index in [0.717, 1.165) is 48.1 Å². The van der Waals surface area contributed by atoms with Crippen LogP contribution in [0.25, 0.3) is 11.1 Å². The van der Waals surface area contributed by atoms with Gasteiger partial charge in [0.25, 0.3) is 0 Å². The molecule has 2 aromatic rings. The predicted octanol–water partition coefficient (Wildman–Crippen LogP) is 4.62. The molecule has 2 heterocycles. The number of carboxylic acid groups (broad SMARTS) is 1. The van der Waals surface area contributed by atoms with Gasteiger partial charge in [0, 0.05) is 38.0 Å². The van der Waals surface area contributed by atoms with Crippen molar-refractivity contribution >= 4 is 17.6 Å². The minimum absolute atomic E-state index is 0.0222. The first kappa shape index (κ1) is 24.2. The Labute approximate surface area is 200 Å². The molecule has 0 aliphatic carbocycles. The first-order valence-electron chi connectivity index (χ1n) is 12.2. The highest BCUT2D eigenvalue weighted by molar-refractivity contribution is 5.79. The fourth-order valence-electron chi connectivity index (χ4n) is 5.63. The number of hydrogen-bond donors (Lipinski definition) is 2. The van der Waals surface area contributed by atoms with Gasteiger partial charge in [-0.05, 0) is 60.2 Å². The van der Waals surface area contributed by atoms with Crippen molar-refractivity contribution in [2.45, 2.75) is 57.0 Å². The van der Waals surface area contributed by atoms with Crippen molar-refractivity contribution in [3.05, 3.63) is 53.8 Å². The average Bonchev–Trinajstić information content (AvgIpc) is 3.26.